The molecule has 2 heteroatoms. The van der Waals surface area contributed by atoms with Crippen molar-refractivity contribution >= 4 is 16.5 Å². The fraction of sp³-hybridized carbons (Fsp3) is 0.333. The van der Waals surface area contributed by atoms with E-state index in [0.717, 1.165) is 30.9 Å². The zero-order valence-electron chi connectivity index (χ0n) is 10.5. The molecule has 0 fully saturated rings. The summed E-state index contributed by atoms with van der Waals surface area (Å²) in [6.45, 7) is 6.27. The lowest BCUT2D eigenvalue weighted by atomic mass is 10.2. The minimum atomic E-state index is 0.960. The Morgan fingerprint density at radius 3 is 2.94 bits per heavy atom. The van der Waals surface area contributed by atoms with Gasteiger partial charge in [-0.1, -0.05) is 31.2 Å². The molecule has 0 bridgehead atoms. The van der Waals surface area contributed by atoms with E-state index in [9.17, 15) is 0 Å². The number of benzene rings is 1. The molecule has 0 aliphatic rings. The molecule has 0 amide bonds. The first-order valence-electron chi connectivity index (χ1n) is 6.17. The summed E-state index contributed by atoms with van der Waals surface area (Å²) >= 11 is 0. The van der Waals surface area contributed by atoms with Crippen LogP contribution in [0.3, 0.4) is 0 Å². The van der Waals surface area contributed by atoms with Crippen molar-refractivity contribution in [2.45, 2.75) is 20.3 Å². The highest BCUT2D eigenvalue weighted by Gasteiger charge is 2.03. The zero-order chi connectivity index (χ0) is 12.1. The average Bonchev–Trinajstić information content (AvgIpc) is 2.78. The molecule has 1 heterocycles. The molecule has 2 nitrogen and oxygen atoms in total. The molecule has 0 atom stereocenters. The number of rotatable bonds is 5. The second-order valence-electron chi connectivity index (χ2n) is 4.18. The molecule has 0 spiro atoms. The molecule has 0 aliphatic heterocycles. The summed E-state index contributed by atoms with van der Waals surface area (Å²) in [6.07, 6.45) is 3.26. The van der Waals surface area contributed by atoms with Gasteiger partial charge in [0.2, 0.25) is 0 Å². The number of fused-ring (bicyclic) bond motifs is 1. The molecule has 0 saturated heterocycles. The van der Waals surface area contributed by atoms with Crippen molar-refractivity contribution in [2.75, 3.05) is 13.1 Å². The van der Waals surface area contributed by atoms with Gasteiger partial charge in [-0.3, -0.25) is 0 Å². The third-order valence-corrected chi connectivity index (χ3v) is 2.84. The first kappa shape index (κ1) is 11.9. The number of allylic oxidation sites excluding steroid dienone is 1. The lowest BCUT2D eigenvalue weighted by molar-refractivity contribution is 0.598. The second-order valence-corrected chi connectivity index (χ2v) is 4.18. The van der Waals surface area contributed by atoms with E-state index in [4.69, 9.17) is 4.42 Å². The highest BCUT2D eigenvalue weighted by atomic mass is 16.3. The van der Waals surface area contributed by atoms with Crippen LogP contribution in [0.25, 0.3) is 16.5 Å². The molecule has 1 aromatic carbocycles. The Kier molecular flexibility index (Phi) is 3.99. The van der Waals surface area contributed by atoms with Crippen molar-refractivity contribution in [3.63, 3.8) is 0 Å². The van der Waals surface area contributed by atoms with E-state index in [0.29, 0.717) is 0 Å². The monoisotopic (exact) mass is 229 g/mol. The average molecular weight is 229 g/mol. The van der Waals surface area contributed by atoms with Crippen LogP contribution in [0.1, 0.15) is 26.0 Å². The van der Waals surface area contributed by atoms with Crippen molar-refractivity contribution in [1.82, 2.24) is 5.32 Å². The Labute approximate surface area is 102 Å². The van der Waals surface area contributed by atoms with Crippen molar-refractivity contribution in [2.24, 2.45) is 0 Å². The molecule has 1 aromatic heterocycles. The number of nitrogens with one attached hydrogen (secondary N) is 1. The van der Waals surface area contributed by atoms with E-state index in [1.165, 1.54) is 11.0 Å². The number of hydrogen-bond donors (Lipinski definition) is 1. The fourth-order valence-electron chi connectivity index (χ4n) is 1.84. The van der Waals surface area contributed by atoms with Crippen LogP contribution >= 0.6 is 0 Å². The van der Waals surface area contributed by atoms with Gasteiger partial charge in [-0.25, -0.2) is 0 Å². The quantitative estimate of drug-likeness (QED) is 0.788. The number of para-hydroxylation sites is 1. The summed E-state index contributed by atoms with van der Waals surface area (Å²) in [6, 6.07) is 10.2. The van der Waals surface area contributed by atoms with E-state index in [2.05, 4.69) is 37.4 Å². The van der Waals surface area contributed by atoms with Gasteiger partial charge in [0.05, 0.1) is 0 Å². The van der Waals surface area contributed by atoms with Crippen LogP contribution in [-0.2, 0) is 0 Å². The Morgan fingerprint density at radius 1 is 1.35 bits per heavy atom. The maximum Gasteiger partial charge on any atom is 0.134 e. The van der Waals surface area contributed by atoms with Crippen LogP contribution in [0.4, 0.5) is 0 Å². The maximum absolute atomic E-state index is 5.80. The largest absolute Gasteiger partial charge is 0.456 e. The third-order valence-electron chi connectivity index (χ3n) is 2.84. The first-order valence-corrected chi connectivity index (χ1v) is 6.17. The molecular formula is C15H19NO. The van der Waals surface area contributed by atoms with E-state index >= 15 is 0 Å². The van der Waals surface area contributed by atoms with Gasteiger partial charge in [-0.05, 0) is 44.1 Å². The lowest BCUT2D eigenvalue weighted by Crippen LogP contribution is -2.12. The van der Waals surface area contributed by atoms with Crippen LogP contribution in [-0.4, -0.2) is 13.1 Å². The van der Waals surface area contributed by atoms with Gasteiger partial charge >= 0.3 is 0 Å². The summed E-state index contributed by atoms with van der Waals surface area (Å²) in [5.74, 6) is 0.975. The van der Waals surface area contributed by atoms with Crippen LogP contribution in [0, 0.1) is 0 Å². The van der Waals surface area contributed by atoms with Crippen LogP contribution in [0.5, 0.6) is 0 Å². The normalized spacial score (nSPS) is 12.2. The van der Waals surface area contributed by atoms with Crippen molar-refractivity contribution in [1.29, 1.82) is 0 Å². The molecule has 0 unspecified atom stereocenters. The van der Waals surface area contributed by atoms with Gasteiger partial charge in [0.15, 0.2) is 0 Å². The van der Waals surface area contributed by atoms with Crippen LogP contribution in [0.2, 0.25) is 0 Å². The predicted molar refractivity (Wildman–Crippen MR) is 73.0 cm³/mol. The predicted octanol–water partition coefficient (Wildman–Crippen LogP) is 3.84. The second kappa shape index (κ2) is 5.69. The van der Waals surface area contributed by atoms with Crippen LogP contribution < -0.4 is 5.32 Å². The molecule has 0 aliphatic carbocycles. The maximum atomic E-state index is 5.80. The fourth-order valence-corrected chi connectivity index (χ4v) is 1.84. The highest BCUT2D eigenvalue weighted by Crippen LogP contribution is 2.24. The molecule has 0 saturated carbocycles. The van der Waals surface area contributed by atoms with Gasteiger partial charge in [0, 0.05) is 5.39 Å². The molecule has 0 radical (unpaired) electrons. The number of furan rings is 1. The SMILES string of the molecule is CCNCC/C=C(/C)c1cc2ccccc2o1. The molecule has 90 valence electrons. The van der Waals surface area contributed by atoms with Gasteiger partial charge in [-0.2, -0.15) is 0 Å². The van der Waals surface area contributed by atoms with Crippen LogP contribution in [0.15, 0.2) is 40.8 Å². The summed E-state index contributed by atoms with van der Waals surface area (Å²) < 4.78 is 5.80. The smallest absolute Gasteiger partial charge is 0.134 e. The van der Waals surface area contributed by atoms with E-state index in [1.54, 1.807) is 0 Å². The van der Waals surface area contributed by atoms with Gasteiger partial charge in [0.1, 0.15) is 11.3 Å². The lowest BCUT2D eigenvalue weighted by Gasteiger charge is -1.98. The first-order chi connectivity index (χ1) is 8.31. The molecule has 1 N–H and O–H groups in total. The Morgan fingerprint density at radius 2 is 2.18 bits per heavy atom. The van der Waals surface area contributed by atoms with Gasteiger partial charge < -0.3 is 9.73 Å². The van der Waals surface area contributed by atoms with Crippen molar-refractivity contribution in [3.05, 3.63) is 42.2 Å². The minimum absolute atomic E-state index is 0.960. The Bertz CT molecular complexity index is 477. The summed E-state index contributed by atoms with van der Waals surface area (Å²) in [5.41, 5.74) is 2.17. The Hall–Kier alpha value is -1.54. The van der Waals surface area contributed by atoms with Gasteiger partial charge in [0.25, 0.3) is 0 Å². The third kappa shape index (κ3) is 2.98. The highest BCUT2D eigenvalue weighted by molar-refractivity contribution is 5.81. The Balaban J connectivity index is 2.10. The zero-order valence-corrected chi connectivity index (χ0v) is 10.5. The van der Waals surface area contributed by atoms with Gasteiger partial charge in [-0.15, -0.1) is 0 Å². The standard InChI is InChI=1S/C15H19NO/c1-3-16-10-6-7-12(2)15-11-13-8-4-5-9-14(13)17-15/h4-5,7-9,11,16H,3,6,10H2,1-2H3/b12-7-. The summed E-state index contributed by atoms with van der Waals surface area (Å²) in [4.78, 5) is 0. The molecular weight excluding hydrogens is 210 g/mol. The van der Waals surface area contributed by atoms with E-state index in [-0.39, 0.29) is 0 Å². The topological polar surface area (TPSA) is 25.2 Å². The number of hydrogen-bond acceptors (Lipinski definition) is 2. The molecule has 2 rings (SSSR count). The van der Waals surface area contributed by atoms with Crippen molar-refractivity contribution < 1.29 is 4.42 Å². The minimum Gasteiger partial charge on any atom is -0.456 e. The van der Waals surface area contributed by atoms with Crippen molar-refractivity contribution in [3.8, 4) is 0 Å². The van der Waals surface area contributed by atoms with E-state index in [1.807, 2.05) is 18.2 Å². The molecule has 17 heavy (non-hydrogen) atoms. The summed E-state index contributed by atoms with van der Waals surface area (Å²) in [5, 5.41) is 4.47. The summed E-state index contributed by atoms with van der Waals surface area (Å²) in [7, 11) is 0. The molecule has 2 aromatic rings. The van der Waals surface area contributed by atoms with E-state index < -0.39 is 0 Å².